The zero-order valence-electron chi connectivity index (χ0n) is 26.3. The highest BCUT2D eigenvalue weighted by Crippen LogP contribution is 2.32. The highest BCUT2D eigenvalue weighted by molar-refractivity contribution is 6.44. The van der Waals surface area contributed by atoms with Crippen molar-refractivity contribution in [3.05, 3.63) is 131 Å². The summed E-state index contributed by atoms with van der Waals surface area (Å²) in [7, 11) is 0. The number of allylic oxidation sites excluding steroid dienone is 22. The maximum absolute atomic E-state index is 11.9. The summed E-state index contributed by atoms with van der Waals surface area (Å²) >= 11 is 0. The lowest BCUT2D eigenvalue weighted by molar-refractivity contribution is -0.139. The molecule has 0 atom stereocenters. The van der Waals surface area contributed by atoms with Crippen LogP contribution in [-0.2, 0) is 19.2 Å². The molecular formula is C38H44O4. The molecule has 0 amide bonds. The predicted octanol–water partition coefficient (Wildman–Crippen LogP) is 8.54. The van der Waals surface area contributed by atoms with E-state index in [1.807, 2.05) is 140 Å². The molecule has 220 valence electrons. The van der Waals surface area contributed by atoms with E-state index in [1.165, 1.54) is 12.2 Å². The molecule has 4 heteroatoms. The molecule has 2 aliphatic rings. The Morgan fingerprint density at radius 2 is 0.833 bits per heavy atom. The first-order chi connectivity index (χ1) is 19.6. The maximum atomic E-state index is 11.9. The molecule has 0 heterocycles. The van der Waals surface area contributed by atoms with Crippen molar-refractivity contribution in [1.29, 1.82) is 0 Å². The van der Waals surface area contributed by atoms with Crippen LogP contribution in [0, 0.1) is 10.8 Å². The third-order valence-corrected chi connectivity index (χ3v) is 6.99. The number of rotatable bonds is 10. The van der Waals surface area contributed by atoms with Gasteiger partial charge in [0.2, 0.25) is 23.1 Å². The van der Waals surface area contributed by atoms with E-state index in [2.05, 4.69) is 0 Å². The minimum absolute atomic E-state index is 0.320. The second kappa shape index (κ2) is 15.2. The summed E-state index contributed by atoms with van der Waals surface area (Å²) in [6, 6.07) is 0. The van der Waals surface area contributed by atoms with Crippen LogP contribution in [0.4, 0.5) is 0 Å². The Bertz CT molecular complexity index is 1340. The van der Waals surface area contributed by atoms with E-state index in [9.17, 15) is 19.2 Å². The van der Waals surface area contributed by atoms with Crippen LogP contribution in [0.5, 0.6) is 0 Å². The second-order valence-electron chi connectivity index (χ2n) is 12.4. The van der Waals surface area contributed by atoms with Gasteiger partial charge < -0.3 is 0 Å². The molecule has 2 aliphatic carbocycles. The lowest BCUT2D eigenvalue weighted by atomic mass is 9.75. The number of carbonyl (C=O) groups is 4. The fraction of sp³-hybridized carbons (Fsp3) is 0.316. The molecule has 0 saturated carbocycles. The second-order valence-corrected chi connectivity index (χ2v) is 12.4. The van der Waals surface area contributed by atoms with Gasteiger partial charge in [-0.2, -0.15) is 0 Å². The molecule has 42 heavy (non-hydrogen) atoms. The molecule has 0 fully saturated rings. The zero-order valence-corrected chi connectivity index (χ0v) is 26.3. The summed E-state index contributed by atoms with van der Waals surface area (Å²) < 4.78 is 0. The van der Waals surface area contributed by atoms with Crippen molar-refractivity contribution in [2.45, 2.75) is 68.2 Å². The SMILES string of the molecule is CC(/C=C/C=C(C)/C=C/C1=CC(=O)C(=O)C(C)(C)C1)=C\C=C\C=C(C)\C=C\C=C(C)\C=C\C1=CC(=O)C(=O)C(C)(C)C1. The van der Waals surface area contributed by atoms with E-state index < -0.39 is 22.4 Å². The Hall–Kier alpha value is -4.18. The van der Waals surface area contributed by atoms with Crippen LogP contribution in [0.15, 0.2) is 131 Å². The molecule has 0 aromatic carbocycles. The van der Waals surface area contributed by atoms with Gasteiger partial charge in [-0.25, -0.2) is 0 Å². The molecule has 0 aliphatic heterocycles. The largest absolute Gasteiger partial charge is 0.290 e. The molecule has 0 aromatic rings. The van der Waals surface area contributed by atoms with E-state index in [1.54, 1.807) is 0 Å². The van der Waals surface area contributed by atoms with E-state index in [0.717, 1.165) is 33.4 Å². The van der Waals surface area contributed by atoms with Gasteiger partial charge in [0.1, 0.15) is 0 Å². The number of hydrogen-bond donors (Lipinski definition) is 0. The normalized spacial score (nSPS) is 21.1. The van der Waals surface area contributed by atoms with Crippen LogP contribution in [0.25, 0.3) is 0 Å². The standard InChI is InChI=1S/C38H44O4/c1-27(15-11-17-29(3)19-21-31-23-33(39)35(41)37(5,6)25-31)13-9-10-14-28(2)16-12-18-30(4)20-22-32-24-34(40)36(42)38(7,8)26-32/h9-24H,25-26H2,1-8H3/b10-9+,15-11+,16-12+,21-19+,22-20+,27-13+,28-14+,29-17+,30-18+. The minimum Gasteiger partial charge on any atom is -0.290 e. The summed E-state index contributed by atoms with van der Waals surface area (Å²) in [4.78, 5) is 47.7. The van der Waals surface area contributed by atoms with Gasteiger partial charge in [-0.1, -0.05) is 135 Å². The molecule has 0 aromatic heterocycles. The van der Waals surface area contributed by atoms with E-state index in [-0.39, 0.29) is 11.6 Å². The molecule has 2 rings (SSSR count). The van der Waals surface area contributed by atoms with Crippen LogP contribution in [0.1, 0.15) is 68.2 Å². The van der Waals surface area contributed by atoms with Crippen molar-refractivity contribution in [2.75, 3.05) is 0 Å². The highest BCUT2D eigenvalue weighted by Gasteiger charge is 2.36. The van der Waals surface area contributed by atoms with Crippen LogP contribution >= 0.6 is 0 Å². The van der Waals surface area contributed by atoms with Gasteiger partial charge in [0.15, 0.2) is 0 Å². The number of carbonyl (C=O) groups excluding carboxylic acids is 4. The van der Waals surface area contributed by atoms with E-state index >= 15 is 0 Å². The number of hydrogen-bond acceptors (Lipinski definition) is 4. The maximum Gasteiger partial charge on any atom is 0.222 e. The van der Waals surface area contributed by atoms with Gasteiger partial charge in [0, 0.05) is 10.8 Å². The minimum atomic E-state index is -0.643. The van der Waals surface area contributed by atoms with Crippen molar-refractivity contribution in [2.24, 2.45) is 10.8 Å². The van der Waals surface area contributed by atoms with Gasteiger partial charge in [0.25, 0.3) is 0 Å². The third-order valence-electron chi connectivity index (χ3n) is 6.99. The fourth-order valence-corrected chi connectivity index (χ4v) is 4.45. The average molecular weight is 565 g/mol. The summed E-state index contributed by atoms with van der Waals surface area (Å²) in [5.41, 5.74) is 4.77. The highest BCUT2D eigenvalue weighted by atomic mass is 16.2. The lowest BCUT2D eigenvalue weighted by Gasteiger charge is -2.25. The topological polar surface area (TPSA) is 68.3 Å². The van der Waals surface area contributed by atoms with Gasteiger partial charge in [0.05, 0.1) is 0 Å². The Kier molecular flexibility index (Phi) is 12.3. The van der Waals surface area contributed by atoms with E-state index in [0.29, 0.717) is 12.8 Å². The first-order valence-corrected chi connectivity index (χ1v) is 14.3. The van der Waals surface area contributed by atoms with Crippen molar-refractivity contribution >= 4 is 23.1 Å². The smallest absolute Gasteiger partial charge is 0.222 e. The van der Waals surface area contributed by atoms with Crippen molar-refractivity contribution < 1.29 is 19.2 Å². The predicted molar refractivity (Wildman–Crippen MR) is 174 cm³/mol. The molecule has 0 saturated heterocycles. The van der Waals surface area contributed by atoms with Gasteiger partial charge in [-0.3, -0.25) is 19.2 Å². The summed E-state index contributed by atoms with van der Waals surface area (Å²) in [6.45, 7) is 15.3. The van der Waals surface area contributed by atoms with Crippen LogP contribution in [-0.4, -0.2) is 23.1 Å². The fourth-order valence-electron chi connectivity index (χ4n) is 4.45. The van der Waals surface area contributed by atoms with Crippen molar-refractivity contribution in [3.63, 3.8) is 0 Å². The van der Waals surface area contributed by atoms with Crippen LogP contribution < -0.4 is 0 Å². The monoisotopic (exact) mass is 564 g/mol. The first-order valence-electron chi connectivity index (χ1n) is 14.3. The first kappa shape index (κ1) is 34.0. The summed E-state index contributed by atoms with van der Waals surface area (Å²) in [5.74, 6) is -1.48. The molecule has 0 radical (unpaired) electrons. The zero-order chi connectivity index (χ0) is 31.5. The molecule has 0 bridgehead atoms. The molecule has 4 nitrogen and oxygen atoms in total. The van der Waals surface area contributed by atoms with Crippen LogP contribution in [0.3, 0.4) is 0 Å². The Morgan fingerprint density at radius 1 is 0.524 bits per heavy atom. The Labute approximate surface area is 251 Å². The summed E-state index contributed by atoms with van der Waals surface area (Å²) in [5, 5.41) is 0. The molecule has 0 N–H and O–H groups in total. The quantitative estimate of drug-likeness (QED) is 0.197. The van der Waals surface area contributed by atoms with Gasteiger partial charge in [-0.15, -0.1) is 0 Å². The number of ketones is 4. The average Bonchev–Trinajstić information content (AvgIpc) is 2.90. The Morgan fingerprint density at radius 3 is 1.17 bits per heavy atom. The van der Waals surface area contributed by atoms with E-state index in [4.69, 9.17) is 0 Å². The molecule has 0 spiro atoms. The number of Topliss-reactive ketones (excluding diaryl/α,β-unsaturated/α-hetero) is 2. The molecule has 0 unspecified atom stereocenters. The van der Waals surface area contributed by atoms with Crippen molar-refractivity contribution in [1.82, 2.24) is 0 Å². The Balaban J connectivity index is 1.87. The lowest BCUT2D eigenvalue weighted by Crippen LogP contribution is -2.34. The van der Waals surface area contributed by atoms with Gasteiger partial charge >= 0.3 is 0 Å². The van der Waals surface area contributed by atoms with Crippen molar-refractivity contribution in [3.8, 4) is 0 Å². The van der Waals surface area contributed by atoms with Gasteiger partial charge in [-0.05, 0) is 63.8 Å². The molecular weight excluding hydrogens is 520 g/mol. The summed E-state index contributed by atoms with van der Waals surface area (Å²) in [6.07, 6.45) is 31.9. The third kappa shape index (κ3) is 11.0. The van der Waals surface area contributed by atoms with Crippen LogP contribution in [0.2, 0.25) is 0 Å².